The highest BCUT2D eigenvalue weighted by Gasteiger charge is 2.30. The number of pyridine rings is 1. The van der Waals surface area contributed by atoms with Crippen molar-refractivity contribution in [2.24, 2.45) is 0 Å². The monoisotopic (exact) mass is 628 g/mol. The summed E-state index contributed by atoms with van der Waals surface area (Å²) in [6.07, 6.45) is -0.268. The molecular formula is C27H28N6O8S2. The maximum atomic E-state index is 13.6. The number of hydrogen-bond acceptors (Lipinski definition) is 12. The van der Waals surface area contributed by atoms with Gasteiger partial charge in [0.15, 0.2) is 15.7 Å². The van der Waals surface area contributed by atoms with Crippen LogP contribution in [0, 0.1) is 11.3 Å². The Morgan fingerprint density at radius 1 is 0.930 bits per heavy atom. The van der Waals surface area contributed by atoms with Crippen molar-refractivity contribution in [3.8, 4) is 40.7 Å². The van der Waals surface area contributed by atoms with E-state index in [0.29, 0.717) is 17.2 Å². The zero-order valence-electron chi connectivity index (χ0n) is 23.8. The largest absolute Gasteiger partial charge is 0.494 e. The summed E-state index contributed by atoms with van der Waals surface area (Å²) in [5, 5.41) is 17.6. The van der Waals surface area contributed by atoms with E-state index in [1.807, 2.05) is 6.07 Å². The summed E-state index contributed by atoms with van der Waals surface area (Å²) in [4.78, 5) is 4.19. The molecule has 0 spiro atoms. The predicted octanol–water partition coefficient (Wildman–Crippen LogP) is 2.76. The van der Waals surface area contributed by atoms with Gasteiger partial charge in [0.05, 0.1) is 49.7 Å². The van der Waals surface area contributed by atoms with Gasteiger partial charge in [-0.15, -0.1) is 10.2 Å². The lowest BCUT2D eigenvalue weighted by Gasteiger charge is -2.20. The lowest BCUT2D eigenvalue weighted by Crippen LogP contribution is -2.25. The number of anilines is 1. The number of rotatable bonds is 12. The number of para-hydroxylation sites is 1. The first-order valence-corrected chi connectivity index (χ1v) is 16.0. The molecule has 0 amide bonds. The Hall–Kier alpha value is -4.72. The van der Waals surface area contributed by atoms with Crippen molar-refractivity contribution in [3.05, 3.63) is 65.7 Å². The van der Waals surface area contributed by atoms with Gasteiger partial charge in [-0.25, -0.2) is 21.8 Å². The minimum absolute atomic E-state index is 0.0727. The Morgan fingerprint density at radius 2 is 1.60 bits per heavy atom. The fourth-order valence-electron chi connectivity index (χ4n) is 4.29. The lowest BCUT2D eigenvalue weighted by molar-refractivity contribution is 0.119. The van der Waals surface area contributed by atoms with Gasteiger partial charge in [-0.05, 0) is 30.3 Å². The molecule has 0 saturated heterocycles. The van der Waals surface area contributed by atoms with E-state index >= 15 is 0 Å². The molecule has 4 aromatic rings. The molecule has 0 radical (unpaired) electrons. The van der Waals surface area contributed by atoms with Gasteiger partial charge in [-0.3, -0.25) is 9.29 Å². The number of ether oxygens (including phenoxy) is 4. The number of hydrogen-bond donors (Lipinski definition) is 1. The van der Waals surface area contributed by atoms with E-state index in [1.54, 1.807) is 36.4 Å². The molecule has 0 fully saturated rings. The molecule has 4 rings (SSSR count). The Morgan fingerprint density at radius 3 is 2.19 bits per heavy atom. The summed E-state index contributed by atoms with van der Waals surface area (Å²) in [5.41, 5.74) is 0.751. The summed E-state index contributed by atoms with van der Waals surface area (Å²) in [7, 11) is -2.57. The van der Waals surface area contributed by atoms with Crippen LogP contribution in [0.4, 0.5) is 5.95 Å². The van der Waals surface area contributed by atoms with Crippen molar-refractivity contribution in [1.29, 1.82) is 5.26 Å². The van der Waals surface area contributed by atoms with E-state index in [2.05, 4.69) is 19.9 Å². The van der Waals surface area contributed by atoms with E-state index < -0.39 is 31.7 Å². The van der Waals surface area contributed by atoms with Crippen molar-refractivity contribution in [2.75, 3.05) is 45.2 Å². The quantitative estimate of drug-likeness (QED) is 0.242. The number of aromatic nitrogens is 4. The molecule has 14 nitrogen and oxygen atoms in total. The molecule has 2 aromatic heterocycles. The van der Waals surface area contributed by atoms with E-state index in [0.717, 1.165) is 6.26 Å². The first kappa shape index (κ1) is 31.2. The molecule has 0 saturated carbocycles. The molecule has 2 aromatic carbocycles. The van der Waals surface area contributed by atoms with Crippen molar-refractivity contribution in [1.82, 2.24) is 19.7 Å². The highest BCUT2D eigenvalue weighted by Crippen LogP contribution is 2.38. The molecule has 0 bridgehead atoms. The Labute approximate surface area is 248 Å². The minimum atomic E-state index is -4.31. The molecule has 0 aliphatic carbocycles. The van der Waals surface area contributed by atoms with Crippen LogP contribution in [0.25, 0.3) is 17.2 Å². The third kappa shape index (κ3) is 6.69. The average molecular weight is 629 g/mol. The molecule has 0 unspecified atom stereocenters. The molecule has 2 heterocycles. The van der Waals surface area contributed by atoms with Gasteiger partial charge < -0.3 is 18.9 Å². The number of benzene rings is 2. The molecule has 43 heavy (non-hydrogen) atoms. The van der Waals surface area contributed by atoms with Gasteiger partial charge in [-0.1, -0.05) is 18.2 Å². The van der Waals surface area contributed by atoms with Crippen LogP contribution in [0.1, 0.15) is 17.2 Å². The zero-order chi connectivity index (χ0) is 31.4. The first-order chi connectivity index (χ1) is 20.5. The van der Waals surface area contributed by atoms with Crippen LogP contribution in [0.15, 0.2) is 59.5 Å². The van der Waals surface area contributed by atoms with E-state index in [4.69, 9.17) is 18.9 Å². The fraction of sp³-hybridized carbons (Fsp3) is 0.259. The van der Waals surface area contributed by atoms with Crippen LogP contribution >= 0.6 is 0 Å². The summed E-state index contributed by atoms with van der Waals surface area (Å²) in [5.74, 6) is 0.103. The first-order valence-electron chi connectivity index (χ1n) is 12.4. The second-order valence-electron chi connectivity index (χ2n) is 9.00. The van der Waals surface area contributed by atoms with Crippen molar-refractivity contribution in [2.45, 2.75) is 11.0 Å². The van der Waals surface area contributed by atoms with Crippen LogP contribution in [0.5, 0.6) is 17.4 Å². The number of sulfonamides is 1. The molecule has 0 aliphatic heterocycles. The van der Waals surface area contributed by atoms with Crippen molar-refractivity contribution >= 4 is 25.8 Å². The standard InChI is InChI=1S/C27H28N6O8S2/c1-38-20-9-7-10-21(39-2)25(20)33-26(19-8-6-11-24(29-19)41-4)30-31-27(33)32-43(36,37)16-22(40-3)18-13-12-17(15-28)14-23(18)42(5,34)35/h6-14,22H,16H2,1-5H3,(H,31,32)/t22-/m0/s1. The van der Waals surface area contributed by atoms with E-state index in [9.17, 15) is 22.1 Å². The van der Waals surface area contributed by atoms with Crippen LogP contribution in [-0.2, 0) is 24.6 Å². The van der Waals surface area contributed by atoms with E-state index in [-0.39, 0.29) is 39.4 Å². The summed E-state index contributed by atoms with van der Waals surface area (Å²) in [6, 6.07) is 15.7. The maximum absolute atomic E-state index is 13.6. The zero-order valence-corrected chi connectivity index (χ0v) is 25.4. The van der Waals surface area contributed by atoms with E-state index in [1.165, 1.54) is 51.2 Å². The van der Waals surface area contributed by atoms with Gasteiger partial charge in [0.25, 0.3) is 0 Å². The molecule has 0 aliphatic rings. The lowest BCUT2D eigenvalue weighted by atomic mass is 10.1. The van der Waals surface area contributed by atoms with Crippen LogP contribution in [0.2, 0.25) is 0 Å². The maximum Gasteiger partial charge on any atom is 0.243 e. The second-order valence-corrected chi connectivity index (χ2v) is 12.8. The van der Waals surface area contributed by atoms with Gasteiger partial charge >= 0.3 is 0 Å². The van der Waals surface area contributed by atoms with Gasteiger partial charge in [0, 0.05) is 25.0 Å². The van der Waals surface area contributed by atoms with Crippen molar-refractivity contribution in [3.63, 3.8) is 0 Å². The topological polar surface area (TPSA) is 185 Å². The predicted molar refractivity (Wildman–Crippen MR) is 156 cm³/mol. The number of nitriles is 1. The third-order valence-corrected chi connectivity index (χ3v) is 8.63. The molecular weight excluding hydrogens is 600 g/mol. The van der Waals surface area contributed by atoms with Crippen LogP contribution in [-0.4, -0.2) is 77.0 Å². The highest BCUT2D eigenvalue weighted by atomic mass is 32.2. The molecule has 16 heteroatoms. The molecule has 226 valence electrons. The number of methoxy groups -OCH3 is 4. The number of nitrogens with zero attached hydrogens (tertiary/aromatic N) is 5. The summed E-state index contributed by atoms with van der Waals surface area (Å²) in [6.45, 7) is 0. The fourth-order valence-corrected chi connectivity index (χ4v) is 6.47. The van der Waals surface area contributed by atoms with Crippen LogP contribution in [0.3, 0.4) is 0 Å². The number of sulfone groups is 1. The Balaban J connectivity index is 1.84. The summed E-state index contributed by atoms with van der Waals surface area (Å²) < 4.78 is 77.8. The Bertz CT molecular complexity index is 1880. The van der Waals surface area contributed by atoms with Gasteiger partial charge in [-0.2, -0.15) is 5.26 Å². The Kier molecular flexibility index (Phi) is 9.19. The van der Waals surface area contributed by atoms with Crippen molar-refractivity contribution < 1.29 is 35.8 Å². The second kappa shape index (κ2) is 12.7. The van der Waals surface area contributed by atoms with Crippen LogP contribution < -0.4 is 18.9 Å². The number of nitrogens with one attached hydrogen (secondary N) is 1. The molecule has 1 N–H and O–H groups in total. The average Bonchev–Trinajstić information content (AvgIpc) is 3.40. The van der Waals surface area contributed by atoms with Gasteiger partial charge in [0.1, 0.15) is 22.9 Å². The minimum Gasteiger partial charge on any atom is -0.494 e. The molecule has 1 atom stereocenters. The smallest absolute Gasteiger partial charge is 0.243 e. The third-order valence-electron chi connectivity index (χ3n) is 6.24. The van der Waals surface area contributed by atoms with Gasteiger partial charge in [0.2, 0.25) is 21.9 Å². The summed E-state index contributed by atoms with van der Waals surface area (Å²) >= 11 is 0. The SMILES string of the molecule is COc1cccc(-c2nnc(NS(=O)(=O)C[C@H](OC)c3ccc(C#N)cc3S(C)(=O)=O)n2-c2c(OC)cccc2OC)n1. The normalized spacial score (nSPS) is 12.3. The highest BCUT2D eigenvalue weighted by molar-refractivity contribution is 7.92.